The predicted molar refractivity (Wildman–Crippen MR) is 95.5 cm³/mol. The summed E-state index contributed by atoms with van der Waals surface area (Å²) in [5.74, 6) is 0.422. The van der Waals surface area contributed by atoms with E-state index in [0.717, 1.165) is 12.8 Å². The number of carbonyl (C=O) groups excluding carboxylic acids is 2. The topological polar surface area (TPSA) is 108 Å². The molecule has 27 heavy (non-hydrogen) atoms. The molecule has 4 rings (SSSR count). The molecule has 0 atom stereocenters. The zero-order valence-corrected chi connectivity index (χ0v) is 14.3. The van der Waals surface area contributed by atoms with Crippen LogP contribution in [-0.2, 0) is 0 Å². The first-order chi connectivity index (χ1) is 13.0. The Kier molecular flexibility index (Phi) is 4.23. The second-order valence-corrected chi connectivity index (χ2v) is 6.44. The van der Waals surface area contributed by atoms with Gasteiger partial charge in [0.1, 0.15) is 13.2 Å². The molecule has 2 aliphatic rings. The van der Waals surface area contributed by atoms with E-state index in [1.165, 1.54) is 24.3 Å². The van der Waals surface area contributed by atoms with Gasteiger partial charge in [-0.1, -0.05) is 0 Å². The van der Waals surface area contributed by atoms with Crippen molar-refractivity contribution in [2.45, 2.75) is 12.8 Å². The van der Waals surface area contributed by atoms with E-state index in [9.17, 15) is 19.7 Å². The highest BCUT2D eigenvalue weighted by atomic mass is 16.6. The number of nitro benzene ring substituents is 1. The summed E-state index contributed by atoms with van der Waals surface area (Å²) in [5.41, 5.74) is 0.882. The summed E-state index contributed by atoms with van der Waals surface area (Å²) in [5, 5.41) is 13.5. The molecule has 1 aliphatic heterocycles. The second kappa shape index (κ2) is 6.71. The number of carbonyl (C=O) groups is 2. The number of fused-ring (bicyclic) bond motifs is 1. The average Bonchev–Trinajstić information content (AvgIpc) is 3.52. The number of anilines is 1. The third kappa shape index (κ3) is 3.46. The number of nitrogens with one attached hydrogen (secondary N) is 1. The van der Waals surface area contributed by atoms with Crippen LogP contribution < -0.4 is 14.8 Å². The largest absolute Gasteiger partial charge is 0.486 e. The summed E-state index contributed by atoms with van der Waals surface area (Å²) in [6.45, 7) is 0.789. The minimum absolute atomic E-state index is 0.0254. The van der Waals surface area contributed by atoms with Gasteiger partial charge in [0.15, 0.2) is 17.3 Å². The van der Waals surface area contributed by atoms with Gasteiger partial charge >= 0.3 is 0 Å². The van der Waals surface area contributed by atoms with Crippen molar-refractivity contribution in [3.05, 3.63) is 57.6 Å². The molecule has 0 unspecified atom stereocenters. The summed E-state index contributed by atoms with van der Waals surface area (Å²) in [6, 6.07) is 8.46. The Morgan fingerprint density at radius 1 is 1.04 bits per heavy atom. The van der Waals surface area contributed by atoms with Crippen LogP contribution >= 0.6 is 0 Å². The molecule has 1 saturated carbocycles. The maximum atomic E-state index is 12.6. The molecular weight excluding hydrogens is 352 g/mol. The van der Waals surface area contributed by atoms with E-state index in [0.29, 0.717) is 36.0 Å². The van der Waals surface area contributed by atoms with Crippen molar-refractivity contribution in [1.82, 2.24) is 0 Å². The van der Waals surface area contributed by atoms with Crippen molar-refractivity contribution < 1.29 is 24.0 Å². The number of amides is 1. The fourth-order valence-electron chi connectivity index (χ4n) is 2.89. The minimum atomic E-state index is -0.533. The maximum absolute atomic E-state index is 12.6. The van der Waals surface area contributed by atoms with Gasteiger partial charge in [-0.05, 0) is 31.0 Å². The number of non-ortho nitro benzene ring substituents is 1. The number of benzene rings is 2. The zero-order chi connectivity index (χ0) is 19.0. The van der Waals surface area contributed by atoms with Crippen LogP contribution in [0.2, 0.25) is 0 Å². The Balaban J connectivity index is 1.64. The number of hydrogen-bond donors (Lipinski definition) is 1. The molecule has 1 fully saturated rings. The summed E-state index contributed by atoms with van der Waals surface area (Å²) >= 11 is 0. The van der Waals surface area contributed by atoms with Gasteiger partial charge in [0.25, 0.3) is 11.6 Å². The Hall–Kier alpha value is -3.42. The number of nitro groups is 1. The van der Waals surface area contributed by atoms with Gasteiger partial charge in [0, 0.05) is 35.2 Å². The molecule has 1 amide bonds. The van der Waals surface area contributed by atoms with Crippen LogP contribution in [0.25, 0.3) is 0 Å². The van der Waals surface area contributed by atoms with Crippen molar-refractivity contribution in [3.63, 3.8) is 0 Å². The average molecular weight is 368 g/mol. The van der Waals surface area contributed by atoms with Gasteiger partial charge in [-0.15, -0.1) is 0 Å². The predicted octanol–water partition coefficient (Wildman–Crippen LogP) is 3.21. The van der Waals surface area contributed by atoms with Crippen LogP contribution in [0.15, 0.2) is 36.4 Å². The highest BCUT2D eigenvalue weighted by Crippen LogP contribution is 2.40. The molecular formula is C19H16N2O6. The summed E-state index contributed by atoms with van der Waals surface area (Å²) in [7, 11) is 0. The second-order valence-electron chi connectivity index (χ2n) is 6.44. The lowest BCUT2D eigenvalue weighted by atomic mass is 10.0. The number of nitrogens with zero attached hydrogens (tertiary/aromatic N) is 1. The molecule has 2 aromatic rings. The van der Waals surface area contributed by atoms with Crippen LogP contribution in [-0.4, -0.2) is 29.8 Å². The van der Waals surface area contributed by atoms with E-state index in [1.54, 1.807) is 12.1 Å². The molecule has 0 saturated heterocycles. The maximum Gasteiger partial charge on any atom is 0.269 e. The molecule has 1 heterocycles. The van der Waals surface area contributed by atoms with Gasteiger partial charge in [-0.2, -0.15) is 0 Å². The molecule has 0 spiro atoms. The minimum Gasteiger partial charge on any atom is -0.486 e. The van der Waals surface area contributed by atoms with Crippen molar-refractivity contribution in [1.29, 1.82) is 0 Å². The standard InChI is InChI=1S/C19H16N2O6/c22-18(11-1-2-11)14-9-16-17(27-8-7-26-16)10-15(14)20-19(23)12-3-5-13(6-4-12)21(24)25/h3-6,9-11H,1-2,7-8H2,(H,20,23). The van der Waals surface area contributed by atoms with Crippen LogP contribution in [0.1, 0.15) is 33.6 Å². The normalized spacial score (nSPS) is 15.1. The lowest BCUT2D eigenvalue weighted by Gasteiger charge is -2.21. The van der Waals surface area contributed by atoms with Crippen LogP contribution in [0.4, 0.5) is 11.4 Å². The third-order valence-corrected chi connectivity index (χ3v) is 4.48. The SMILES string of the molecule is O=C(Nc1cc2c(cc1C(=O)C1CC1)OCCO2)c1ccc([N+](=O)[O-])cc1. The van der Waals surface area contributed by atoms with Crippen molar-refractivity contribution in [3.8, 4) is 11.5 Å². The van der Waals surface area contributed by atoms with E-state index in [4.69, 9.17) is 9.47 Å². The first-order valence-corrected chi connectivity index (χ1v) is 8.56. The highest BCUT2D eigenvalue weighted by molar-refractivity contribution is 6.11. The molecule has 1 N–H and O–H groups in total. The van der Waals surface area contributed by atoms with Gasteiger partial charge in [-0.3, -0.25) is 19.7 Å². The van der Waals surface area contributed by atoms with Crippen molar-refractivity contribution >= 4 is 23.1 Å². The van der Waals surface area contributed by atoms with Gasteiger partial charge in [0.05, 0.1) is 10.6 Å². The van der Waals surface area contributed by atoms with Crippen LogP contribution in [0.5, 0.6) is 11.5 Å². The first kappa shape index (κ1) is 17.0. The van der Waals surface area contributed by atoms with Gasteiger partial charge < -0.3 is 14.8 Å². The molecule has 138 valence electrons. The third-order valence-electron chi connectivity index (χ3n) is 4.48. The summed E-state index contributed by atoms with van der Waals surface area (Å²) < 4.78 is 11.1. The first-order valence-electron chi connectivity index (χ1n) is 8.56. The van der Waals surface area contributed by atoms with E-state index in [-0.39, 0.29) is 23.0 Å². The Bertz CT molecular complexity index is 934. The number of hydrogen-bond acceptors (Lipinski definition) is 6. The fourth-order valence-corrected chi connectivity index (χ4v) is 2.89. The van der Waals surface area contributed by atoms with Crippen LogP contribution in [0, 0.1) is 16.0 Å². The van der Waals surface area contributed by atoms with Gasteiger partial charge in [-0.25, -0.2) is 0 Å². The number of ketones is 1. The molecule has 0 bridgehead atoms. The highest BCUT2D eigenvalue weighted by Gasteiger charge is 2.33. The quantitative estimate of drug-likeness (QED) is 0.493. The summed E-state index contributed by atoms with van der Waals surface area (Å²) in [4.78, 5) is 35.4. The van der Waals surface area contributed by atoms with Crippen LogP contribution in [0.3, 0.4) is 0 Å². The molecule has 8 heteroatoms. The van der Waals surface area contributed by atoms with Gasteiger partial charge in [0.2, 0.25) is 0 Å². The molecule has 0 aromatic heterocycles. The number of ether oxygens (including phenoxy) is 2. The van der Waals surface area contributed by atoms with E-state index >= 15 is 0 Å². The van der Waals surface area contributed by atoms with Crippen molar-refractivity contribution in [2.24, 2.45) is 5.92 Å². The zero-order valence-electron chi connectivity index (χ0n) is 14.3. The molecule has 0 radical (unpaired) electrons. The Morgan fingerprint density at radius 2 is 1.67 bits per heavy atom. The molecule has 1 aliphatic carbocycles. The number of rotatable bonds is 5. The molecule has 8 nitrogen and oxygen atoms in total. The lowest BCUT2D eigenvalue weighted by Crippen LogP contribution is -2.19. The van der Waals surface area contributed by atoms with E-state index < -0.39 is 10.8 Å². The van der Waals surface area contributed by atoms with E-state index in [1.807, 2.05) is 0 Å². The molecule has 2 aromatic carbocycles. The van der Waals surface area contributed by atoms with E-state index in [2.05, 4.69) is 5.32 Å². The fraction of sp³-hybridized carbons (Fsp3) is 0.263. The Labute approximate surface area is 154 Å². The smallest absolute Gasteiger partial charge is 0.269 e. The lowest BCUT2D eigenvalue weighted by molar-refractivity contribution is -0.384. The monoisotopic (exact) mass is 368 g/mol. The van der Waals surface area contributed by atoms with Crippen molar-refractivity contribution in [2.75, 3.05) is 18.5 Å². The Morgan fingerprint density at radius 3 is 2.26 bits per heavy atom. The number of Topliss-reactive ketones (excluding diaryl/α,β-unsaturated/α-hetero) is 1. The summed E-state index contributed by atoms with van der Waals surface area (Å²) in [6.07, 6.45) is 1.67.